The summed E-state index contributed by atoms with van der Waals surface area (Å²) in [6, 6.07) is 4.73. The maximum Gasteiger partial charge on any atom is 0.336 e. The van der Waals surface area contributed by atoms with E-state index in [-0.39, 0.29) is 16.1 Å². The highest BCUT2D eigenvalue weighted by Gasteiger charge is 2.17. The molecule has 6 nitrogen and oxygen atoms in total. The maximum atomic E-state index is 13.0. The summed E-state index contributed by atoms with van der Waals surface area (Å²) in [5, 5.41) is 8.98. The molecule has 0 saturated heterocycles. The standard InChI is InChI=1S/C12H8BrFN2O4S/c13-11-2-1-8(4-10(11)12(17)18)16-21(19,20)9-3-7(14)5-15-6-9/h1-6,16H,(H,17,18). The fourth-order valence-corrected chi connectivity index (χ4v) is 2.94. The first-order chi connectivity index (χ1) is 9.79. The predicted octanol–water partition coefficient (Wildman–Crippen LogP) is 2.48. The van der Waals surface area contributed by atoms with Crippen LogP contribution in [0.5, 0.6) is 0 Å². The van der Waals surface area contributed by atoms with E-state index in [1.54, 1.807) is 0 Å². The predicted molar refractivity (Wildman–Crippen MR) is 76.1 cm³/mol. The molecule has 1 aromatic heterocycles. The van der Waals surface area contributed by atoms with Gasteiger partial charge in [0.05, 0.1) is 11.8 Å². The number of aromatic nitrogens is 1. The van der Waals surface area contributed by atoms with E-state index in [2.05, 4.69) is 25.6 Å². The van der Waals surface area contributed by atoms with Gasteiger partial charge in [-0.15, -0.1) is 0 Å². The Morgan fingerprint density at radius 2 is 2.00 bits per heavy atom. The van der Waals surface area contributed by atoms with E-state index in [1.807, 2.05) is 0 Å². The minimum Gasteiger partial charge on any atom is -0.478 e. The summed E-state index contributed by atoms with van der Waals surface area (Å²) in [4.78, 5) is 14.1. The molecule has 2 N–H and O–H groups in total. The molecule has 9 heteroatoms. The van der Waals surface area contributed by atoms with Gasteiger partial charge in [-0.2, -0.15) is 0 Å². The molecule has 0 unspecified atom stereocenters. The van der Waals surface area contributed by atoms with Crippen molar-refractivity contribution in [3.63, 3.8) is 0 Å². The van der Waals surface area contributed by atoms with Crippen LogP contribution >= 0.6 is 15.9 Å². The third kappa shape index (κ3) is 3.56. The van der Waals surface area contributed by atoms with E-state index in [1.165, 1.54) is 12.1 Å². The SMILES string of the molecule is O=C(O)c1cc(NS(=O)(=O)c2cncc(F)c2)ccc1Br. The van der Waals surface area contributed by atoms with Crippen molar-refractivity contribution in [1.82, 2.24) is 4.98 Å². The number of hydrogen-bond acceptors (Lipinski definition) is 4. The van der Waals surface area contributed by atoms with Crippen LogP contribution in [0.1, 0.15) is 10.4 Å². The van der Waals surface area contributed by atoms with E-state index < -0.39 is 21.8 Å². The van der Waals surface area contributed by atoms with Gasteiger partial charge in [-0.25, -0.2) is 17.6 Å². The largest absolute Gasteiger partial charge is 0.478 e. The number of nitrogens with zero attached hydrogens (tertiary/aromatic N) is 1. The van der Waals surface area contributed by atoms with E-state index in [0.29, 0.717) is 4.47 Å². The monoisotopic (exact) mass is 374 g/mol. The number of carbonyl (C=O) groups is 1. The highest BCUT2D eigenvalue weighted by molar-refractivity contribution is 9.10. The summed E-state index contributed by atoms with van der Waals surface area (Å²) >= 11 is 3.05. The zero-order valence-electron chi connectivity index (χ0n) is 10.2. The highest BCUT2D eigenvalue weighted by atomic mass is 79.9. The molecule has 21 heavy (non-hydrogen) atoms. The molecule has 0 saturated carbocycles. The van der Waals surface area contributed by atoms with Crippen molar-refractivity contribution in [2.75, 3.05) is 4.72 Å². The Hall–Kier alpha value is -2.00. The quantitative estimate of drug-likeness (QED) is 0.856. The van der Waals surface area contributed by atoms with Gasteiger partial charge in [-0.05, 0) is 40.2 Å². The Bertz CT molecular complexity index is 811. The Morgan fingerprint density at radius 1 is 1.29 bits per heavy atom. The third-order valence-corrected chi connectivity index (χ3v) is 4.48. The minimum absolute atomic E-state index is 0.0415. The van der Waals surface area contributed by atoms with Gasteiger partial charge in [0.2, 0.25) is 0 Å². The number of anilines is 1. The molecule has 0 aliphatic heterocycles. The second-order valence-corrected chi connectivity index (χ2v) is 6.48. The van der Waals surface area contributed by atoms with Gasteiger partial charge in [0.15, 0.2) is 0 Å². The number of rotatable bonds is 4. The number of sulfonamides is 1. The van der Waals surface area contributed by atoms with Crippen LogP contribution in [0, 0.1) is 5.82 Å². The first-order valence-corrected chi connectivity index (χ1v) is 7.73. The van der Waals surface area contributed by atoms with E-state index >= 15 is 0 Å². The summed E-state index contributed by atoms with van der Waals surface area (Å²) in [7, 11) is -4.05. The van der Waals surface area contributed by atoms with Gasteiger partial charge >= 0.3 is 5.97 Å². The van der Waals surface area contributed by atoms with Crippen LogP contribution in [0.25, 0.3) is 0 Å². The molecule has 0 amide bonds. The molecule has 0 bridgehead atoms. The zero-order valence-corrected chi connectivity index (χ0v) is 12.6. The van der Waals surface area contributed by atoms with Crippen LogP contribution in [-0.2, 0) is 10.0 Å². The Labute approximate surface area is 127 Å². The van der Waals surface area contributed by atoms with Gasteiger partial charge in [-0.1, -0.05) is 0 Å². The van der Waals surface area contributed by atoms with E-state index in [4.69, 9.17) is 5.11 Å². The van der Waals surface area contributed by atoms with Crippen molar-refractivity contribution in [3.8, 4) is 0 Å². The lowest BCUT2D eigenvalue weighted by Gasteiger charge is -2.09. The molecule has 1 aromatic carbocycles. The summed E-state index contributed by atoms with van der Waals surface area (Å²) in [6.07, 6.45) is 1.86. The molecule has 0 aliphatic rings. The summed E-state index contributed by atoms with van der Waals surface area (Å²) in [5.41, 5.74) is -0.0626. The summed E-state index contributed by atoms with van der Waals surface area (Å²) < 4.78 is 39.6. The first kappa shape index (κ1) is 15.4. The van der Waals surface area contributed by atoms with E-state index in [9.17, 15) is 17.6 Å². The van der Waals surface area contributed by atoms with Gasteiger partial charge < -0.3 is 5.11 Å². The van der Waals surface area contributed by atoms with Gasteiger partial charge in [-0.3, -0.25) is 9.71 Å². The average Bonchev–Trinajstić information content (AvgIpc) is 2.40. The number of carboxylic acids is 1. The molecular weight excluding hydrogens is 367 g/mol. The lowest BCUT2D eigenvalue weighted by atomic mass is 10.2. The Morgan fingerprint density at radius 3 is 2.62 bits per heavy atom. The van der Waals surface area contributed by atoms with Crippen LogP contribution in [-0.4, -0.2) is 24.5 Å². The fraction of sp³-hybridized carbons (Fsp3) is 0. The van der Waals surface area contributed by atoms with Crippen molar-refractivity contribution in [2.45, 2.75) is 4.90 Å². The summed E-state index contributed by atoms with van der Waals surface area (Å²) in [6.45, 7) is 0. The average molecular weight is 375 g/mol. The minimum atomic E-state index is -4.05. The number of halogens is 2. The highest BCUT2D eigenvalue weighted by Crippen LogP contribution is 2.23. The van der Waals surface area contributed by atoms with Crippen molar-refractivity contribution >= 4 is 37.6 Å². The maximum absolute atomic E-state index is 13.0. The zero-order chi connectivity index (χ0) is 15.6. The second kappa shape index (κ2) is 5.78. The fourth-order valence-electron chi connectivity index (χ4n) is 1.51. The molecule has 0 aliphatic carbocycles. The van der Waals surface area contributed by atoms with Gasteiger partial charge in [0, 0.05) is 16.4 Å². The summed E-state index contributed by atoms with van der Waals surface area (Å²) in [5.74, 6) is -2.00. The van der Waals surface area contributed by atoms with Crippen molar-refractivity contribution in [1.29, 1.82) is 0 Å². The van der Waals surface area contributed by atoms with Crippen LogP contribution in [0.3, 0.4) is 0 Å². The van der Waals surface area contributed by atoms with Crippen molar-refractivity contribution in [2.24, 2.45) is 0 Å². The molecule has 2 aromatic rings. The number of aromatic carboxylic acids is 1. The molecular formula is C12H8BrFN2O4S. The second-order valence-electron chi connectivity index (χ2n) is 3.94. The smallest absolute Gasteiger partial charge is 0.336 e. The number of pyridine rings is 1. The molecule has 110 valence electrons. The molecule has 0 fully saturated rings. The Balaban J connectivity index is 2.37. The molecule has 1 heterocycles. The normalized spacial score (nSPS) is 11.1. The van der Waals surface area contributed by atoms with Gasteiger partial charge in [0.25, 0.3) is 10.0 Å². The van der Waals surface area contributed by atoms with Crippen LogP contribution in [0.15, 0.2) is 46.0 Å². The number of hydrogen-bond donors (Lipinski definition) is 2. The lowest BCUT2D eigenvalue weighted by Crippen LogP contribution is -2.14. The number of carboxylic acid groups (broad SMARTS) is 1. The molecule has 2 rings (SSSR count). The lowest BCUT2D eigenvalue weighted by molar-refractivity contribution is 0.0696. The molecule has 0 radical (unpaired) electrons. The van der Waals surface area contributed by atoms with Gasteiger partial charge in [0.1, 0.15) is 10.7 Å². The van der Waals surface area contributed by atoms with Crippen LogP contribution in [0.2, 0.25) is 0 Å². The first-order valence-electron chi connectivity index (χ1n) is 5.46. The van der Waals surface area contributed by atoms with Crippen LogP contribution < -0.4 is 4.72 Å². The third-order valence-electron chi connectivity index (χ3n) is 2.44. The topological polar surface area (TPSA) is 96.4 Å². The number of benzene rings is 1. The Kier molecular flexibility index (Phi) is 4.24. The molecule has 0 atom stereocenters. The van der Waals surface area contributed by atoms with Crippen LogP contribution in [0.4, 0.5) is 10.1 Å². The number of nitrogens with one attached hydrogen (secondary N) is 1. The van der Waals surface area contributed by atoms with Crippen molar-refractivity contribution in [3.05, 3.63) is 52.5 Å². The molecule has 0 spiro atoms. The van der Waals surface area contributed by atoms with Crippen molar-refractivity contribution < 1.29 is 22.7 Å². The van der Waals surface area contributed by atoms with E-state index in [0.717, 1.165) is 24.5 Å².